The van der Waals surface area contributed by atoms with Crippen molar-refractivity contribution in [2.45, 2.75) is 33.0 Å². The molecule has 7 heteroatoms. The number of benzene rings is 2. The minimum Gasteiger partial charge on any atom is -0.490 e. The fourth-order valence-electron chi connectivity index (χ4n) is 2.89. The van der Waals surface area contributed by atoms with Crippen LogP contribution >= 0.6 is 11.6 Å². The van der Waals surface area contributed by atoms with Crippen LogP contribution in [0.15, 0.2) is 55.1 Å². The van der Waals surface area contributed by atoms with Gasteiger partial charge >= 0.3 is 0 Å². The molecule has 0 unspecified atom stereocenters. The van der Waals surface area contributed by atoms with Crippen LogP contribution in [0, 0.1) is 5.82 Å². The molecule has 3 aromatic rings. The third-order valence-corrected chi connectivity index (χ3v) is 4.75. The first-order valence-corrected chi connectivity index (χ1v) is 10.0. The summed E-state index contributed by atoms with van der Waals surface area (Å²) >= 11 is 6.45. The number of nitrogens with one attached hydrogen (secondary N) is 1. The van der Waals surface area contributed by atoms with E-state index in [4.69, 9.17) is 21.1 Å². The Balaban J connectivity index is 1.58. The minimum atomic E-state index is -0.298. The van der Waals surface area contributed by atoms with Crippen molar-refractivity contribution in [2.24, 2.45) is 0 Å². The Bertz CT molecular complexity index is 903. The lowest BCUT2D eigenvalue weighted by atomic mass is 10.2. The summed E-state index contributed by atoms with van der Waals surface area (Å²) in [6.07, 6.45) is 6.52. The first-order valence-electron chi connectivity index (χ1n) is 9.65. The molecular weight excluding hydrogens is 393 g/mol. The van der Waals surface area contributed by atoms with Gasteiger partial charge in [0, 0.05) is 42.1 Å². The number of nitrogens with zero attached hydrogens (tertiary/aromatic N) is 2. The van der Waals surface area contributed by atoms with Gasteiger partial charge in [-0.15, -0.1) is 0 Å². The van der Waals surface area contributed by atoms with Crippen molar-refractivity contribution >= 4 is 11.6 Å². The van der Waals surface area contributed by atoms with E-state index in [0.717, 1.165) is 25.1 Å². The number of hydrogen-bond donors (Lipinski definition) is 1. The molecule has 0 saturated heterocycles. The van der Waals surface area contributed by atoms with Crippen molar-refractivity contribution in [3.05, 3.63) is 77.1 Å². The fourth-order valence-corrected chi connectivity index (χ4v) is 3.11. The number of rotatable bonds is 11. The average Bonchev–Trinajstić information content (AvgIpc) is 3.23. The Kier molecular flexibility index (Phi) is 7.90. The minimum absolute atomic E-state index is 0.106. The van der Waals surface area contributed by atoms with Crippen molar-refractivity contribution < 1.29 is 13.9 Å². The first kappa shape index (κ1) is 21.1. The Morgan fingerprint density at radius 1 is 1.14 bits per heavy atom. The van der Waals surface area contributed by atoms with E-state index in [9.17, 15) is 4.39 Å². The maximum atomic E-state index is 13.8. The van der Waals surface area contributed by atoms with Crippen molar-refractivity contribution in [1.29, 1.82) is 0 Å². The van der Waals surface area contributed by atoms with Crippen LogP contribution in [-0.4, -0.2) is 22.7 Å². The highest BCUT2D eigenvalue weighted by molar-refractivity contribution is 6.31. The zero-order valence-electron chi connectivity index (χ0n) is 16.4. The molecule has 1 N–H and O–H groups in total. The number of ether oxygens (including phenoxy) is 2. The van der Waals surface area contributed by atoms with Crippen LogP contribution < -0.4 is 14.8 Å². The van der Waals surface area contributed by atoms with Crippen LogP contribution in [-0.2, 0) is 19.7 Å². The Labute approximate surface area is 175 Å². The molecular formula is C22H25ClFN3O2. The number of aryl methyl sites for hydroxylation is 1. The smallest absolute Gasteiger partial charge is 0.163 e. The molecule has 0 aliphatic heterocycles. The molecule has 1 heterocycles. The van der Waals surface area contributed by atoms with Gasteiger partial charge in [-0.1, -0.05) is 29.8 Å². The van der Waals surface area contributed by atoms with Crippen LogP contribution in [0.4, 0.5) is 4.39 Å². The molecule has 0 aliphatic carbocycles. The number of hydrogen-bond acceptors (Lipinski definition) is 4. The van der Waals surface area contributed by atoms with Crippen molar-refractivity contribution in [3.63, 3.8) is 0 Å². The summed E-state index contributed by atoms with van der Waals surface area (Å²) in [6.45, 7) is 4.89. The van der Waals surface area contributed by atoms with E-state index in [1.807, 2.05) is 30.1 Å². The van der Waals surface area contributed by atoms with E-state index in [2.05, 4.69) is 10.3 Å². The zero-order valence-corrected chi connectivity index (χ0v) is 17.2. The van der Waals surface area contributed by atoms with Gasteiger partial charge in [-0.3, -0.25) is 0 Å². The number of imidazole rings is 1. The summed E-state index contributed by atoms with van der Waals surface area (Å²) in [5.74, 6) is 0.806. The summed E-state index contributed by atoms with van der Waals surface area (Å²) in [5.41, 5.74) is 1.41. The normalized spacial score (nSPS) is 10.9. The summed E-state index contributed by atoms with van der Waals surface area (Å²) in [6, 6.07) is 10.1. The summed E-state index contributed by atoms with van der Waals surface area (Å²) in [4.78, 5) is 4.03. The van der Waals surface area contributed by atoms with Gasteiger partial charge in [0.05, 0.1) is 12.9 Å². The second-order valence-electron chi connectivity index (χ2n) is 6.53. The molecule has 154 valence electrons. The van der Waals surface area contributed by atoms with Gasteiger partial charge in [-0.05, 0) is 37.6 Å². The summed E-state index contributed by atoms with van der Waals surface area (Å²) < 4.78 is 27.4. The van der Waals surface area contributed by atoms with Crippen LogP contribution in [0.2, 0.25) is 5.02 Å². The van der Waals surface area contributed by atoms with Gasteiger partial charge in [0.25, 0.3) is 0 Å². The Morgan fingerprint density at radius 3 is 2.72 bits per heavy atom. The highest BCUT2D eigenvalue weighted by Crippen LogP contribution is 2.34. The van der Waals surface area contributed by atoms with E-state index >= 15 is 0 Å². The molecule has 0 radical (unpaired) electrons. The molecule has 29 heavy (non-hydrogen) atoms. The molecule has 0 amide bonds. The molecule has 0 atom stereocenters. The second kappa shape index (κ2) is 10.8. The summed E-state index contributed by atoms with van der Waals surface area (Å²) in [7, 11) is 0. The van der Waals surface area contributed by atoms with Gasteiger partial charge in [-0.2, -0.15) is 0 Å². The molecule has 0 saturated carbocycles. The second-order valence-corrected chi connectivity index (χ2v) is 6.94. The lowest BCUT2D eigenvalue weighted by molar-refractivity contribution is 0.265. The lowest BCUT2D eigenvalue weighted by Gasteiger charge is -2.15. The van der Waals surface area contributed by atoms with E-state index in [1.54, 1.807) is 30.5 Å². The Morgan fingerprint density at radius 2 is 1.97 bits per heavy atom. The van der Waals surface area contributed by atoms with Crippen LogP contribution in [0.25, 0.3) is 0 Å². The van der Waals surface area contributed by atoms with Gasteiger partial charge in [0.1, 0.15) is 12.4 Å². The van der Waals surface area contributed by atoms with Crippen molar-refractivity contribution in [3.8, 4) is 11.5 Å². The highest BCUT2D eigenvalue weighted by Gasteiger charge is 2.12. The van der Waals surface area contributed by atoms with Gasteiger partial charge in [0.15, 0.2) is 11.5 Å². The van der Waals surface area contributed by atoms with Gasteiger partial charge in [-0.25, -0.2) is 9.37 Å². The van der Waals surface area contributed by atoms with Crippen LogP contribution in [0.5, 0.6) is 11.5 Å². The molecule has 3 rings (SSSR count). The quantitative estimate of drug-likeness (QED) is 0.454. The molecule has 0 bridgehead atoms. The topological polar surface area (TPSA) is 48.3 Å². The van der Waals surface area contributed by atoms with Crippen LogP contribution in [0.1, 0.15) is 24.5 Å². The third kappa shape index (κ3) is 6.21. The standard InChI is InChI=1S/C22H25ClFN3O2/c1-2-28-21-12-18(14-25-8-5-10-27-11-9-26-16-27)19(23)13-22(21)29-15-17-6-3-4-7-20(17)24/h3-4,6-7,9,11-13,16,25H,2,5,8,10,14-15H2,1H3. The fraction of sp³-hybridized carbons (Fsp3) is 0.318. The monoisotopic (exact) mass is 417 g/mol. The molecule has 5 nitrogen and oxygen atoms in total. The number of aromatic nitrogens is 2. The third-order valence-electron chi connectivity index (χ3n) is 4.40. The average molecular weight is 418 g/mol. The maximum absolute atomic E-state index is 13.8. The van der Waals surface area contributed by atoms with Gasteiger partial charge in [0.2, 0.25) is 0 Å². The zero-order chi connectivity index (χ0) is 20.5. The van der Waals surface area contributed by atoms with Crippen LogP contribution in [0.3, 0.4) is 0 Å². The maximum Gasteiger partial charge on any atom is 0.163 e. The van der Waals surface area contributed by atoms with E-state index in [0.29, 0.717) is 35.2 Å². The highest BCUT2D eigenvalue weighted by atomic mass is 35.5. The molecule has 1 aromatic heterocycles. The predicted octanol–water partition coefficient (Wildman–Crippen LogP) is 4.83. The molecule has 0 fully saturated rings. The SMILES string of the molecule is CCOc1cc(CNCCCn2ccnc2)c(Cl)cc1OCc1ccccc1F. The van der Waals surface area contributed by atoms with Gasteiger partial charge < -0.3 is 19.4 Å². The predicted molar refractivity (Wildman–Crippen MR) is 112 cm³/mol. The lowest BCUT2D eigenvalue weighted by Crippen LogP contribution is -2.16. The first-order chi connectivity index (χ1) is 14.2. The van der Waals surface area contributed by atoms with Crippen molar-refractivity contribution in [1.82, 2.24) is 14.9 Å². The molecule has 0 aliphatic rings. The van der Waals surface area contributed by atoms with E-state index in [-0.39, 0.29) is 12.4 Å². The molecule has 0 spiro atoms. The summed E-state index contributed by atoms with van der Waals surface area (Å²) in [5, 5.41) is 3.98. The number of halogens is 2. The van der Waals surface area contributed by atoms with E-state index < -0.39 is 0 Å². The Hall–Kier alpha value is -2.57. The largest absolute Gasteiger partial charge is 0.490 e. The van der Waals surface area contributed by atoms with Crippen molar-refractivity contribution in [2.75, 3.05) is 13.2 Å². The molecule has 2 aromatic carbocycles. The van der Waals surface area contributed by atoms with E-state index in [1.165, 1.54) is 6.07 Å².